The third kappa shape index (κ3) is 5.64. The van der Waals surface area contributed by atoms with Crippen molar-refractivity contribution in [3.63, 3.8) is 0 Å². The molecule has 1 heterocycles. The van der Waals surface area contributed by atoms with Crippen LogP contribution in [0, 0.1) is 17.2 Å². The largest absolute Gasteiger partial charge is 0.480 e. The lowest BCUT2D eigenvalue weighted by Gasteiger charge is -2.35. The van der Waals surface area contributed by atoms with Crippen molar-refractivity contribution in [2.45, 2.75) is 45.0 Å². The van der Waals surface area contributed by atoms with Crippen molar-refractivity contribution in [2.75, 3.05) is 0 Å². The molecule has 1 aliphatic heterocycles. The lowest BCUT2D eigenvalue weighted by Crippen LogP contribution is -2.55. The Morgan fingerprint density at radius 2 is 1.81 bits per heavy atom. The first kappa shape index (κ1) is 22.8. The van der Waals surface area contributed by atoms with Crippen LogP contribution in [0.4, 0.5) is 4.79 Å². The van der Waals surface area contributed by atoms with Gasteiger partial charge in [0.1, 0.15) is 18.7 Å². The Balaban J connectivity index is 1.78. The SMILES string of the molecule is C[C@@H](C#N)C[C@H](NC(=O)[C@@H]1Cc2ccccc2CN1C(=O)OCc1ccccc1)C(=O)O. The Hall–Kier alpha value is -3.86. The van der Waals surface area contributed by atoms with Crippen LogP contribution in [0.2, 0.25) is 0 Å². The minimum absolute atomic E-state index is 0.0284. The lowest BCUT2D eigenvalue weighted by atomic mass is 9.93. The van der Waals surface area contributed by atoms with E-state index in [1.807, 2.05) is 60.7 Å². The van der Waals surface area contributed by atoms with Gasteiger partial charge in [-0.1, -0.05) is 54.6 Å². The molecule has 32 heavy (non-hydrogen) atoms. The third-order valence-electron chi connectivity index (χ3n) is 5.42. The average Bonchev–Trinajstić information content (AvgIpc) is 2.81. The monoisotopic (exact) mass is 435 g/mol. The summed E-state index contributed by atoms with van der Waals surface area (Å²) in [4.78, 5) is 38.9. The maximum Gasteiger partial charge on any atom is 0.411 e. The molecular weight excluding hydrogens is 410 g/mol. The van der Waals surface area contributed by atoms with Crippen LogP contribution in [-0.4, -0.2) is 40.1 Å². The fourth-order valence-corrected chi connectivity index (χ4v) is 3.65. The molecule has 0 fully saturated rings. The van der Waals surface area contributed by atoms with Crippen LogP contribution in [0.3, 0.4) is 0 Å². The van der Waals surface area contributed by atoms with Crippen molar-refractivity contribution in [1.29, 1.82) is 5.26 Å². The van der Waals surface area contributed by atoms with Crippen LogP contribution >= 0.6 is 0 Å². The first-order chi connectivity index (χ1) is 15.4. The first-order valence-electron chi connectivity index (χ1n) is 10.4. The van der Waals surface area contributed by atoms with Gasteiger partial charge in [-0.05, 0) is 30.0 Å². The van der Waals surface area contributed by atoms with Gasteiger partial charge in [-0.15, -0.1) is 0 Å². The molecule has 2 amide bonds. The summed E-state index contributed by atoms with van der Waals surface area (Å²) in [5.74, 6) is -2.36. The van der Waals surface area contributed by atoms with Crippen LogP contribution in [0.25, 0.3) is 0 Å². The first-order valence-corrected chi connectivity index (χ1v) is 10.4. The molecule has 0 aromatic heterocycles. The van der Waals surface area contributed by atoms with Crippen LogP contribution in [0.5, 0.6) is 0 Å². The average molecular weight is 435 g/mol. The number of nitrogens with zero attached hydrogens (tertiary/aromatic N) is 2. The minimum atomic E-state index is -1.23. The van der Waals surface area contributed by atoms with E-state index < -0.39 is 36.0 Å². The highest BCUT2D eigenvalue weighted by molar-refractivity contribution is 5.90. The zero-order chi connectivity index (χ0) is 23.1. The summed E-state index contributed by atoms with van der Waals surface area (Å²) < 4.78 is 5.45. The number of nitrogens with one attached hydrogen (secondary N) is 1. The van der Waals surface area contributed by atoms with E-state index in [1.54, 1.807) is 6.92 Å². The van der Waals surface area contributed by atoms with E-state index in [1.165, 1.54) is 4.90 Å². The highest BCUT2D eigenvalue weighted by Crippen LogP contribution is 2.25. The number of aliphatic carboxylic acids is 1. The highest BCUT2D eigenvalue weighted by Gasteiger charge is 2.37. The van der Waals surface area contributed by atoms with Gasteiger partial charge in [0.2, 0.25) is 5.91 Å². The molecule has 0 spiro atoms. The molecule has 8 nitrogen and oxygen atoms in total. The van der Waals surface area contributed by atoms with Gasteiger partial charge >= 0.3 is 12.1 Å². The number of carbonyl (C=O) groups is 3. The topological polar surface area (TPSA) is 120 Å². The Labute approximate surface area is 186 Å². The Kier molecular flexibility index (Phi) is 7.45. The van der Waals surface area contributed by atoms with Gasteiger partial charge in [-0.3, -0.25) is 9.69 Å². The van der Waals surface area contributed by atoms with Gasteiger partial charge in [0, 0.05) is 12.3 Å². The molecule has 3 atom stereocenters. The lowest BCUT2D eigenvalue weighted by molar-refractivity contribution is -0.143. The quantitative estimate of drug-likeness (QED) is 0.690. The molecule has 0 saturated heterocycles. The van der Waals surface area contributed by atoms with Crippen LogP contribution in [-0.2, 0) is 33.9 Å². The standard InChI is InChI=1S/C24H25N3O5/c1-16(13-25)11-20(23(29)30)26-22(28)21-12-18-9-5-6-10-19(18)14-27(21)24(31)32-15-17-7-3-2-4-8-17/h2-10,16,20-21H,11-12,14-15H2,1H3,(H,26,28)(H,29,30)/t16-,20+,21+/m1/s1. The van der Waals surface area contributed by atoms with Gasteiger partial charge in [0.15, 0.2) is 0 Å². The summed E-state index contributed by atoms with van der Waals surface area (Å²) in [6, 6.07) is 16.5. The van der Waals surface area contributed by atoms with Crippen molar-refractivity contribution in [3.8, 4) is 6.07 Å². The number of carboxylic acid groups (broad SMARTS) is 1. The van der Waals surface area contributed by atoms with Crippen LogP contribution < -0.4 is 5.32 Å². The molecule has 2 aromatic rings. The number of rotatable bonds is 7. The molecule has 0 unspecified atom stereocenters. The van der Waals surface area contributed by atoms with Crippen molar-refractivity contribution in [1.82, 2.24) is 10.2 Å². The smallest absolute Gasteiger partial charge is 0.411 e. The molecule has 0 bridgehead atoms. The zero-order valence-corrected chi connectivity index (χ0v) is 17.7. The minimum Gasteiger partial charge on any atom is -0.480 e. The van der Waals surface area contributed by atoms with Crippen molar-refractivity contribution >= 4 is 18.0 Å². The summed E-state index contributed by atoms with van der Waals surface area (Å²) in [6.45, 7) is 1.82. The number of amides is 2. The summed E-state index contributed by atoms with van der Waals surface area (Å²) >= 11 is 0. The van der Waals surface area contributed by atoms with Gasteiger partial charge in [0.05, 0.1) is 12.6 Å². The van der Waals surface area contributed by atoms with E-state index in [2.05, 4.69) is 5.32 Å². The number of hydrogen-bond donors (Lipinski definition) is 2. The van der Waals surface area contributed by atoms with Gasteiger partial charge < -0.3 is 15.2 Å². The molecule has 1 aliphatic rings. The summed E-state index contributed by atoms with van der Waals surface area (Å²) in [7, 11) is 0. The van der Waals surface area contributed by atoms with Crippen LogP contribution in [0.15, 0.2) is 54.6 Å². The molecule has 3 rings (SSSR count). The molecule has 0 aliphatic carbocycles. The molecule has 0 saturated carbocycles. The van der Waals surface area contributed by atoms with E-state index in [9.17, 15) is 19.5 Å². The van der Waals surface area contributed by atoms with Crippen molar-refractivity contribution in [2.24, 2.45) is 5.92 Å². The van der Waals surface area contributed by atoms with Crippen molar-refractivity contribution in [3.05, 3.63) is 71.3 Å². The number of hydrogen-bond acceptors (Lipinski definition) is 5. The maximum atomic E-state index is 13.1. The second-order valence-corrected chi connectivity index (χ2v) is 7.82. The number of ether oxygens (including phenoxy) is 1. The molecule has 2 aromatic carbocycles. The third-order valence-corrected chi connectivity index (χ3v) is 5.42. The maximum absolute atomic E-state index is 13.1. The van der Waals surface area contributed by atoms with Gasteiger partial charge in [-0.25, -0.2) is 9.59 Å². The second-order valence-electron chi connectivity index (χ2n) is 7.82. The zero-order valence-electron chi connectivity index (χ0n) is 17.7. The molecule has 166 valence electrons. The predicted octanol–water partition coefficient (Wildman–Crippen LogP) is 2.87. The number of nitriles is 1. The predicted molar refractivity (Wildman–Crippen MR) is 115 cm³/mol. The molecule has 8 heteroatoms. The summed E-state index contributed by atoms with van der Waals surface area (Å²) in [6.07, 6.45) is -0.442. The normalized spacial score (nSPS) is 16.8. The van der Waals surface area contributed by atoms with E-state index in [4.69, 9.17) is 10.00 Å². The van der Waals surface area contributed by atoms with Gasteiger partial charge in [-0.2, -0.15) is 5.26 Å². The van der Waals surface area contributed by atoms with Gasteiger partial charge in [0.25, 0.3) is 0 Å². The molecular formula is C24H25N3O5. The Bertz CT molecular complexity index is 1020. The molecule has 0 radical (unpaired) electrons. The highest BCUT2D eigenvalue weighted by atomic mass is 16.6. The summed E-state index contributed by atoms with van der Waals surface area (Å²) in [5.41, 5.74) is 2.63. The second kappa shape index (κ2) is 10.4. The number of benzene rings is 2. The Morgan fingerprint density at radius 1 is 1.16 bits per heavy atom. The molecule has 2 N–H and O–H groups in total. The van der Waals surface area contributed by atoms with Crippen LogP contribution in [0.1, 0.15) is 30.0 Å². The summed E-state index contributed by atoms with van der Waals surface area (Å²) in [5, 5.41) is 21.0. The number of carbonyl (C=O) groups excluding carboxylic acids is 2. The van der Waals surface area contributed by atoms with E-state index in [0.29, 0.717) is 0 Å². The van der Waals surface area contributed by atoms with E-state index in [0.717, 1.165) is 16.7 Å². The number of carboxylic acids is 1. The Morgan fingerprint density at radius 3 is 2.47 bits per heavy atom. The van der Waals surface area contributed by atoms with Crippen molar-refractivity contribution < 1.29 is 24.2 Å². The van der Waals surface area contributed by atoms with E-state index in [-0.39, 0.29) is 26.0 Å². The fourth-order valence-electron chi connectivity index (χ4n) is 3.65. The number of fused-ring (bicyclic) bond motifs is 1. The fraction of sp³-hybridized carbons (Fsp3) is 0.333. The van der Waals surface area contributed by atoms with E-state index >= 15 is 0 Å².